The molecule has 2 amide bonds. The molecule has 0 aliphatic heterocycles. The third-order valence-electron chi connectivity index (χ3n) is 2.95. The summed E-state index contributed by atoms with van der Waals surface area (Å²) in [5.41, 5.74) is 0.507. The summed E-state index contributed by atoms with van der Waals surface area (Å²) >= 11 is 0. The normalized spacial score (nSPS) is 11.8. The molecule has 3 N–H and O–H groups in total. The average Bonchev–Trinajstić information content (AvgIpc) is 2.44. The summed E-state index contributed by atoms with van der Waals surface area (Å²) in [6, 6.07) is 7.40. The van der Waals surface area contributed by atoms with Gasteiger partial charge in [-0.3, -0.25) is 9.59 Å². The number of hydrogen-bond donors (Lipinski definition) is 3. The average molecular weight is 306 g/mol. The summed E-state index contributed by atoms with van der Waals surface area (Å²) < 4.78 is 0. The fourth-order valence-electron chi connectivity index (χ4n) is 1.92. The molecule has 0 saturated heterocycles. The molecule has 0 aliphatic carbocycles. The minimum Gasteiger partial charge on any atom is -0.479 e. The van der Waals surface area contributed by atoms with Gasteiger partial charge in [-0.1, -0.05) is 44.2 Å². The molecule has 0 bridgehead atoms. The lowest BCUT2D eigenvalue weighted by Crippen LogP contribution is -2.36. The van der Waals surface area contributed by atoms with Gasteiger partial charge < -0.3 is 15.7 Å². The Morgan fingerprint density at radius 2 is 1.73 bits per heavy atom. The van der Waals surface area contributed by atoms with Crippen LogP contribution in [0.2, 0.25) is 0 Å². The predicted octanol–water partition coefficient (Wildman–Crippen LogP) is 1.48. The first-order valence-corrected chi connectivity index (χ1v) is 7.24. The predicted molar refractivity (Wildman–Crippen MR) is 82.0 cm³/mol. The lowest BCUT2D eigenvalue weighted by atomic mass is 10.1. The summed E-state index contributed by atoms with van der Waals surface area (Å²) in [4.78, 5) is 34.5. The number of benzene rings is 1. The number of carboxylic acids is 1. The standard InChI is InChI=1S/C16H22N2O4/c1-11(2)10-14(20)17-9-8-13(19)18-15(16(21)22)12-6-4-3-5-7-12/h3-7,11,15H,8-10H2,1-2H3,(H,17,20)(H,18,19)(H,21,22)/t15-/m1/s1. The molecule has 0 heterocycles. The van der Waals surface area contributed by atoms with Crippen LogP contribution in [0, 0.1) is 5.92 Å². The van der Waals surface area contributed by atoms with Crippen molar-refractivity contribution in [3.63, 3.8) is 0 Å². The Kier molecular flexibility index (Phi) is 7.08. The van der Waals surface area contributed by atoms with Gasteiger partial charge in [0, 0.05) is 19.4 Å². The number of carboxylic acid groups (broad SMARTS) is 1. The largest absolute Gasteiger partial charge is 0.479 e. The second-order valence-electron chi connectivity index (χ2n) is 5.45. The van der Waals surface area contributed by atoms with Crippen LogP contribution < -0.4 is 10.6 Å². The van der Waals surface area contributed by atoms with Gasteiger partial charge in [0.15, 0.2) is 6.04 Å². The van der Waals surface area contributed by atoms with Gasteiger partial charge >= 0.3 is 5.97 Å². The molecule has 0 aliphatic rings. The third-order valence-corrected chi connectivity index (χ3v) is 2.95. The first kappa shape index (κ1) is 17.7. The first-order valence-electron chi connectivity index (χ1n) is 7.24. The van der Waals surface area contributed by atoms with Crippen molar-refractivity contribution in [1.82, 2.24) is 10.6 Å². The molecule has 0 saturated carbocycles. The first-order chi connectivity index (χ1) is 10.4. The number of carbonyl (C=O) groups is 3. The number of amides is 2. The highest BCUT2D eigenvalue weighted by atomic mass is 16.4. The highest BCUT2D eigenvalue weighted by Gasteiger charge is 2.21. The third kappa shape index (κ3) is 6.39. The monoisotopic (exact) mass is 306 g/mol. The summed E-state index contributed by atoms with van der Waals surface area (Å²) in [7, 11) is 0. The maximum absolute atomic E-state index is 11.8. The van der Waals surface area contributed by atoms with Gasteiger partial charge in [-0.05, 0) is 11.5 Å². The van der Waals surface area contributed by atoms with Crippen molar-refractivity contribution in [2.45, 2.75) is 32.7 Å². The van der Waals surface area contributed by atoms with Crippen LogP contribution in [0.4, 0.5) is 0 Å². The Morgan fingerprint density at radius 1 is 1.09 bits per heavy atom. The van der Waals surface area contributed by atoms with Crippen molar-refractivity contribution >= 4 is 17.8 Å². The summed E-state index contributed by atoms with van der Waals surface area (Å²) in [5, 5.41) is 14.3. The van der Waals surface area contributed by atoms with Crippen molar-refractivity contribution in [3.05, 3.63) is 35.9 Å². The maximum atomic E-state index is 11.8. The summed E-state index contributed by atoms with van der Waals surface area (Å²) in [6.45, 7) is 4.06. The smallest absolute Gasteiger partial charge is 0.330 e. The van der Waals surface area contributed by atoms with Crippen molar-refractivity contribution in [3.8, 4) is 0 Å². The van der Waals surface area contributed by atoms with E-state index in [9.17, 15) is 19.5 Å². The number of rotatable bonds is 8. The second-order valence-corrected chi connectivity index (χ2v) is 5.45. The Hall–Kier alpha value is -2.37. The molecule has 6 nitrogen and oxygen atoms in total. The van der Waals surface area contributed by atoms with E-state index in [-0.39, 0.29) is 24.8 Å². The van der Waals surface area contributed by atoms with E-state index in [4.69, 9.17) is 0 Å². The minimum absolute atomic E-state index is 0.0421. The zero-order valence-electron chi connectivity index (χ0n) is 12.8. The second kappa shape index (κ2) is 8.81. The Balaban J connectivity index is 2.45. The quantitative estimate of drug-likeness (QED) is 0.678. The molecule has 0 spiro atoms. The molecule has 1 atom stereocenters. The van der Waals surface area contributed by atoms with Gasteiger partial charge in [0.1, 0.15) is 0 Å². The number of aliphatic carboxylic acids is 1. The van der Waals surface area contributed by atoms with Gasteiger partial charge in [0.05, 0.1) is 0 Å². The van der Waals surface area contributed by atoms with Crippen LogP contribution in [0.1, 0.15) is 38.3 Å². The van der Waals surface area contributed by atoms with E-state index in [1.165, 1.54) is 0 Å². The molecule has 1 aromatic carbocycles. The zero-order chi connectivity index (χ0) is 16.5. The molecule has 0 unspecified atom stereocenters. The molecular formula is C16H22N2O4. The van der Waals surface area contributed by atoms with Crippen LogP contribution in [0.15, 0.2) is 30.3 Å². The van der Waals surface area contributed by atoms with E-state index in [1.54, 1.807) is 30.3 Å². The van der Waals surface area contributed by atoms with Crippen molar-refractivity contribution < 1.29 is 19.5 Å². The summed E-state index contributed by atoms with van der Waals surface area (Å²) in [5.74, 6) is -1.39. The molecule has 0 radical (unpaired) electrons. The topological polar surface area (TPSA) is 95.5 Å². The highest BCUT2D eigenvalue weighted by Crippen LogP contribution is 2.12. The number of nitrogens with one attached hydrogen (secondary N) is 2. The molecule has 120 valence electrons. The highest BCUT2D eigenvalue weighted by molar-refractivity contribution is 5.85. The van der Waals surface area contributed by atoms with Crippen molar-refractivity contribution in [2.24, 2.45) is 5.92 Å². The molecular weight excluding hydrogens is 284 g/mol. The molecule has 6 heteroatoms. The zero-order valence-corrected chi connectivity index (χ0v) is 12.8. The van der Waals surface area contributed by atoms with Crippen LogP contribution in [0.5, 0.6) is 0 Å². The maximum Gasteiger partial charge on any atom is 0.330 e. The van der Waals surface area contributed by atoms with Gasteiger partial charge in [-0.15, -0.1) is 0 Å². The molecule has 1 aromatic rings. The lowest BCUT2D eigenvalue weighted by molar-refractivity contribution is -0.142. The van der Waals surface area contributed by atoms with Gasteiger partial charge in [0.25, 0.3) is 0 Å². The van der Waals surface area contributed by atoms with Crippen LogP contribution in [-0.4, -0.2) is 29.4 Å². The van der Waals surface area contributed by atoms with E-state index in [0.717, 1.165) is 0 Å². The fraction of sp³-hybridized carbons (Fsp3) is 0.438. The van der Waals surface area contributed by atoms with Crippen molar-refractivity contribution in [2.75, 3.05) is 6.54 Å². The van der Waals surface area contributed by atoms with Crippen molar-refractivity contribution in [1.29, 1.82) is 0 Å². The van der Waals surface area contributed by atoms with Crippen LogP contribution in [0.25, 0.3) is 0 Å². The van der Waals surface area contributed by atoms with Crippen LogP contribution in [0.3, 0.4) is 0 Å². The Morgan fingerprint density at radius 3 is 2.27 bits per heavy atom. The SMILES string of the molecule is CC(C)CC(=O)NCCC(=O)N[C@@H](C(=O)O)c1ccccc1. The Labute approximate surface area is 129 Å². The molecule has 22 heavy (non-hydrogen) atoms. The lowest BCUT2D eigenvalue weighted by Gasteiger charge is -2.15. The van der Waals surface area contributed by atoms with E-state index in [0.29, 0.717) is 12.0 Å². The van der Waals surface area contributed by atoms with E-state index in [1.807, 2.05) is 13.8 Å². The van der Waals surface area contributed by atoms with Gasteiger partial charge in [-0.25, -0.2) is 4.79 Å². The fourth-order valence-corrected chi connectivity index (χ4v) is 1.92. The van der Waals surface area contributed by atoms with Crippen LogP contribution in [-0.2, 0) is 14.4 Å². The summed E-state index contributed by atoms with van der Waals surface area (Å²) in [6.07, 6.45) is 0.448. The van der Waals surface area contributed by atoms with E-state index >= 15 is 0 Å². The van der Waals surface area contributed by atoms with E-state index in [2.05, 4.69) is 10.6 Å². The number of hydrogen-bond acceptors (Lipinski definition) is 3. The van der Waals surface area contributed by atoms with E-state index < -0.39 is 17.9 Å². The van der Waals surface area contributed by atoms with Gasteiger partial charge in [0.2, 0.25) is 11.8 Å². The molecule has 1 rings (SSSR count). The number of carbonyl (C=O) groups excluding carboxylic acids is 2. The van der Waals surface area contributed by atoms with Crippen LogP contribution >= 0.6 is 0 Å². The van der Waals surface area contributed by atoms with Gasteiger partial charge in [-0.2, -0.15) is 0 Å². The molecule has 0 aromatic heterocycles. The Bertz CT molecular complexity index is 514. The minimum atomic E-state index is -1.12. The molecule has 0 fully saturated rings.